The van der Waals surface area contributed by atoms with E-state index in [0.717, 1.165) is 22.0 Å². The average molecular weight is 381 g/mol. The topological polar surface area (TPSA) is 44.9 Å². The molecule has 0 aliphatic heterocycles. The van der Waals surface area contributed by atoms with Crippen molar-refractivity contribution in [1.82, 2.24) is 10.3 Å². The Hall–Kier alpha value is -2.56. The van der Waals surface area contributed by atoms with E-state index < -0.39 is 0 Å². The maximum Gasteiger partial charge on any atom is 0.252 e. The maximum atomic E-state index is 12.4. The van der Waals surface area contributed by atoms with Crippen molar-refractivity contribution < 1.29 is 4.79 Å². The maximum absolute atomic E-state index is 12.4. The fraction of sp³-hybridized carbons (Fsp3) is 0.0952. The van der Waals surface area contributed by atoms with Gasteiger partial charge in [0.05, 0.1) is 0 Å². The molecule has 1 amide bonds. The number of thiophene rings is 1. The molecule has 0 spiro atoms. The third kappa shape index (κ3) is 3.26. The number of fused-ring (bicyclic) bond motifs is 1. The molecule has 2 aromatic carbocycles. The first-order valence-electron chi connectivity index (χ1n) is 8.35. The molecule has 0 aliphatic rings. The monoisotopic (exact) mass is 380 g/mol. The molecule has 0 saturated carbocycles. The molecule has 3 nitrogen and oxygen atoms in total. The van der Waals surface area contributed by atoms with Crippen molar-refractivity contribution in [1.29, 1.82) is 0 Å². The minimum Gasteiger partial charge on any atom is -0.361 e. The second kappa shape index (κ2) is 7.36. The van der Waals surface area contributed by atoms with E-state index in [1.807, 2.05) is 65.5 Å². The summed E-state index contributed by atoms with van der Waals surface area (Å²) in [5.74, 6) is -0.106. The number of amides is 1. The number of para-hydroxylation sites is 1. The second-order valence-corrected chi connectivity index (χ2v) is 7.27. The Balaban J connectivity index is 1.70. The lowest BCUT2D eigenvalue weighted by atomic mass is 9.90. The summed E-state index contributed by atoms with van der Waals surface area (Å²) in [6.45, 7) is 0.472. The van der Waals surface area contributed by atoms with Gasteiger partial charge in [0, 0.05) is 45.5 Å². The van der Waals surface area contributed by atoms with Gasteiger partial charge in [0.15, 0.2) is 0 Å². The first kappa shape index (κ1) is 16.9. The van der Waals surface area contributed by atoms with Gasteiger partial charge in [0.1, 0.15) is 0 Å². The number of H-pyrrole nitrogens is 1. The van der Waals surface area contributed by atoms with Crippen LogP contribution in [-0.2, 0) is 0 Å². The molecule has 1 unspecified atom stereocenters. The number of carbonyl (C=O) groups excluding carboxylic acids is 1. The number of rotatable bonds is 5. The molecule has 0 bridgehead atoms. The number of carbonyl (C=O) groups is 1. The zero-order chi connectivity index (χ0) is 17.9. The SMILES string of the molecule is O=C(NCC(c1ccccc1Cl)c1c[nH]c2ccccc12)c1ccsc1. The molecule has 4 aromatic rings. The number of benzene rings is 2. The van der Waals surface area contributed by atoms with Gasteiger partial charge >= 0.3 is 0 Å². The Labute approximate surface area is 160 Å². The number of nitrogens with one attached hydrogen (secondary N) is 2. The van der Waals surface area contributed by atoms with Gasteiger partial charge in [-0.3, -0.25) is 4.79 Å². The van der Waals surface area contributed by atoms with E-state index in [1.54, 1.807) is 0 Å². The van der Waals surface area contributed by atoms with Gasteiger partial charge in [-0.2, -0.15) is 11.3 Å². The summed E-state index contributed by atoms with van der Waals surface area (Å²) >= 11 is 7.99. The van der Waals surface area contributed by atoms with Gasteiger partial charge in [0.2, 0.25) is 0 Å². The van der Waals surface area contributed by atoms with Crippen molar-refractivity contribution in [3.05, 3.63) is 93.3 Å². The van der Waals surface area contributed by atoms with E-state index >= 15 is 0 Å². The molecular formula is C21H17ClN2OS. The molecule has 0 aliphatic carbocycles. The predicted octanol–water partition coefficient (Wildman–Crippen LogP) is 5.44. The fourth-order valence-electron chi connectivity index (χ4n) is 3.22. The molecule has 2 aromatic heterocycles. The Morgan fingerprint density at radius 2 is 1.88 bits per heavy atom. The molecule has 26 heavy (non-hydrogen) atoms. The first-order valence-corrected chi connectivity index (χ1v) is 9.67. The van der Waals surface area contributed by atoms with Crippen LogP contribution in [0.15, 0.2) is 71.6 Å². The average Bonchev–Trinajstić information content (AvgIpc) is 3.33. The smallest absolute Gasteiger partial charge is 0.252 e. The van der Waals surface area contributed by atoms with Gasteiger partial charge in [-0.05, 0) is 34.7 Å². The normalized spacial score (nSPS) is 12.2. The Morgan fingerprint density at radius 1 is 1.08 bits per heavy atom. The first-order chi connectivity index (χ1) is 12.7. The molecule has 0 saturated heterocycles. The largest absolute Gasteiger partial charge is 0.361 e. The van der Waals surface area contributed by atoms with Crippen LogP contribution in [0, 0.1) is 0 Å². The Bertz CT molecular complexity index is 1040. The van der Waals surface area contributed by atoms with E-state index in [-0.39, 0.29) is 11.8 Å². The zero-order valence-corrected chi connectivity index (χ0v) is 15.5. The lowest BCUT2D eigenvalue weighted by Crippen LogP contribution is -2.28. The molecule has 2 N–H and O–H groups in total. The van der Waals surface area contributed by atoms with Gasteiger partial charge in [0.25, 0.3) is 5.91 Å². The lowest BCUT2D eigenvalue weighted by molar-refractivity contribution is 0.0953. The zero-order valence-electron chi connectivity index (χ0n) is 13.9. The summed E-state index contributed by atoms with van der Waals surface area (Å²) in [4.78, 5) is 15.7. The quantitative estimate of drug-likeness (QED) is 0.475. The van der Waals surface area contributed by atoms with E-state index in [2.05, 4.69) is 16.4 Å². The third-order valence-corrected chi connectivity index (χ3v) is 5.55. The minimum absolute atomic E-state index is 0.0394. The van der Waals surface area contributed by atoms with Crippen molar-refractivity contribution in [2.75, 3.05) is 6.54 Å². The van der Waals surface area contributed by atoms with Gasteiger partial charge in [-0.15, -0.1) is 0 Å². The number of aromatic amines is 1. The molecule has 5 heteroatoms. The molecular weight excluding hydrogens is 364 g/mol. The standard InChI is InChI=1S/C21H17ClN2OS/c22-19-7-3-1-5-15(19)17(12-24-21(25)14-9-10-26-13-14)18-11-23-20-8-4-2-6-16(18)20/h1-11,13,17,23H,12H2,(H,24,25). The van der Waals surface area contributed by atoms with Crippen LogP contribution < -0.4 is 5.32 Å². The summed E-state index contributed by atoms with van der Waals surface area (Å²) in [6, 6.07) is 17.8. The van der Waals surface area contributed by atoms with E-state index in [1.165, 1.54) is 11.3 Å². The van der Waals surface area contributed by atoms with Crippen molar-refractivity contribution in [2.45, 2.75) is 5.92 Å². The molecule has 0 fully saturated rings. The van der Waals surface area contributed by atoms with E-state index in [0.29, 0.717) is 17.1 Å². The van der Waals surface area contributed by atoms with Crippen LogP contribution in [-0.4, -0.2) is 17.4 Å². The van der Waals surface area contributed by atoms with Gasteiger partial charge < -0.3 is 10.3 Å². The number of halogens is 1. The van der Waals surface area contributed by atoms with Crippen LogP contribution in [0.5, 0.6) is 0 Å². The molecule has 2 heterocycles. The van der Waals surface area contributed by atoms with E-state index in [4.69, 9.17) is 11.6 Å². The summed E-state index contributed by atoms with van der Waals surface area (Å²) in [5.41, 5.74) is 3.89. The van der Waals surface area contributed by atoms with Crippen LogP contribution in [0.3, 0.4) is 0 Å². The van der Waals surface area contributed by atoms with Crippen LogP contribution in [0.1, 0.15) is 27.4 Å². The van der Waals surface area contributed by atoms with Gasteiger partial charge in [-0.25, -0.2) is 0 Å². The van der Waals surface area contributed by atoms with Crippen LogP contribution >= 0.6 is 22.9 Å². The summed E-state index contributed by atoms with van der Waals surface area (Å²) in [6.07, 6.45) is 2.01. The molecule has 0 radical (unpaired) electrons. The van der Waals surface area contributed by atoms with Crippen molar-refractivity contribution in [3.63, 3.8) is 0 Å². The van der Waals surface area contributed by atoms with E-state index in [9.17, 15) is 4.79 Å². The van der Waals surface area contributed by atoms with Gasteiger partial charge in [-0.1, -0.05) is 48.0 Å². The second-order valence-electron chi connectivity index (χ2n) is 6.09. The van der Waals surface area contributed by atoms with Crippen molar-refractivity contribution in [2.24, 2.45) is 0 Å². The molecule has 4 rings (SSSR count). The molecule has 130 valence electrons. The highest BCUT2D eigenvalue weighted by molar-refractivity contribution is 7.08. The Morgan fingerprint density at radius 3 is 2.69 bits per heavy atom. The summed E-state index contributed by atoms with van der Waals surface area (Å²) in [7, 11) is 0. The molecule has 1 atom stereocenters. The van der Waals surface area contributed by atoms with Crippen LogP contribution in [0.4, 0.5) is 0 Å². The summed E-state index contributed by atoms with van der Waals surface area (Å²) < 4.78 is 0. The Kier molecular flexibility index (Phi) is 4.78. The highest BCUT2D eigenvalue weighted by Crippen LogP contribution is 2.34. The highest BCUT2D eigenvalue weighted by Gasteiger charge is 2.21. The van der Waals surface area contributed by atoms with Crippen LogP contribution in [0.25, 0.3) is 10.9 Å². The highest BCUT2D eigenvalue weighted by atomic mass is 35.5. The predicted molar refractivity (Wildman–Crippen MR) is 108 cm³/mol. The third-order valence-electron chi connectivity index (χ3n) is 4.53. The van der Waals surface area contributed by atoms with Crippen molar-refractivity contribution >= 4 is 39.7 Å². The van der Waals surface area contributed by atoms with Crippen LogP contribution in [0.2, 0.25) is 5.02 Å². The number of aromatic nitrogens is 1. The number of hydrogen-bond acceptors (Lipinski definition) is 2. The number of hydrogen-bond donors (Lipinski definition) is 2. The minimum atomic E-state index is -0.0665. The fourth-order valence-corrected chi connectivity index (χ4v) is 4.12. The summed E-state index contributed by atoms with van der Waals surface area (Å²) in [5, 5.41) is 8.66. The van der Waals surface area contributed by atoms with Crippen molar-refractivity contribution in [3.8, 4) is 0 Å². The lowest BCUT2D eigenvalue weighted by Gasteiger charge is -2.19.